The molecule has 0 saturated heterocycles. The molecule has 0 N–H and O–H groups in total. The van der Waals surface area contributed by atoms with Gasteiger partial charge in [-0.25, -0.2) is 0 Å². The second kappa shape index (κ2) is 10.9. The van der Waals surface area contributed by atoms with Gasteiger partial charge in [0, 0.05) is 0 Å². The summed E-state index contributed by atoms with van der Waals surface area (Å²) in [6, 6.07) is 0. The van der Waals surface area contributed by atoms with Crippen molar-refractivity contribution in [3.8, 4) is 0 Å². The third-order valence-electron chi connectivity index (χ3n) is 4.56. The van der Waals surface area contributed by atoms with Crippen molar-refractivity contribution >= 4 is 0 Å². The molecule has 3 unspecified atom stereocenters. The van der Waals surface area contributed by atoms with E-state index in [2.05, 4.69) is 41.5 Å². The van der Waals surface area contributed by atoms with Crippen LogP contribution in [0.2, 0.25) is 0 Å². The van der Waals surface area contributed by atoms with Crippen molar-refractivity contribution in [1.29, 1.82) is 0 Å². The van der Waals surface area contributed by atoms with Crippen molar-refractivity contribution in [3.05, 3.63) is 0 Å². The van der Waals surface area contributed by atoms with Gasteiger partial charge in [-0.05, 0) is 30.1 Å². The Morgan fingerprint density at radius 1 is 0.778 bits per heavy atom. The molecular weight excluding hydrogens is 216 g/mol. The Hall–Kier alpha value is 0. The van der Waals surface area contributed by atoms with E-state index in [4.69, 9.17) is 0 Å². The Morgan fingerprint density at radius 2 is 1.39 bits per heavy atom. The molecule has 0 radical (unpaired) electrons. The zero-order valence-corrected chi connectivity index (χ0v) is 14.0. The fraction of sp³-hybridized carbons (Fsp3) is 1.00. The molecule has 0 saturated carbocycles. The molecule has 0 aromatic rings. The average molecular weight is 255 g/mol. The molecule has 0 rings (SSSR count). The summed E-state index contributed by atoms with van der Waals surface area (Å²) in [7, 11) is 0. The highest BCUT2D eigenvalue weighted by Crippen LogP contribution is 2.30. The first-order chi connectivity index (χ1) is 8.51. The normalized spacial score (nSPS) is 16.8. The van der Waals surface area contributed by atoms with Crippen LogP contribution in [0.5, 0.6) is 0 Å². The van der Waals surface area contributed by atoms with Crippen LogP contribution in [-0.2, 0) is 0 Å². The molecule has 0 heteroatoms. The largest absolute Gasteiger partial charge is 0.0654 e. The molecule has 0 fully saturated rings. The summed E-state index contributed by atoms with van der Waals surface area (Å²) >= 11 is 0. The average Bonchev–Trinajstić information content (AvgIpc) is 2.33. The lowest BCUT2D eigenvalue weighted by Crippen LogP contribution is -2.15. The first-order valence-corrected chi connectivity index (χ1v) is 8.51. The van der Waals surface area contributed by atoms with Gasteiger partial charge in [0.1, 0.15) is 0 Å². The summed E-state index contributed by atoms with van der Waals surface area (Å²) in [5, 5.41) is 0. The van der Waals surface area contributed by atoms with Crippen LogP contribution in [0, 0.1) is 23.7 Å². The third-order valence-corrected chi connectivity index (χ3v) is 4.56. The van der Waals surface area contributed by atoms with Gasteiger partial charge in [0.05, 0.1) is 0 Å². The van der Waals surface area contributed by atoms with Crippen molar-refractivity contribution in [2.75, 3.05) is 0 Å². The molecule has 0 amide bonds. The third kappa shape index (κ3) is 9.00. The maximum Gasteiger partial charge on any atom is -0.0386 e. The summed E-state index contributed by atoms with van der Waals surface area (Å²) in [4.78, 5) is 0. The minimum absolute atomic E-state index is 0.881. The molecule has 0 aliphatic carbocycles. The van der Waals surface area contributed by atoms with Crippen molar-refractivity contribution in [2.24, 2.45) is 23.7 Å². The second-order valence-corrected chi connectivity index (χ2v) is 6.95. The molecule has 0 aliphatic heterocycles. The van der Waals surface area contributed by atoms with Crippen molar-refractivity contribution < 1.29 is 0 Å². The highest BCUT2D eigenvalue weighted by Gasteiger charge is 2.18. The molecule has 0 aromatic carbocycles. The monoisotopic (exact) mass is 254 g/mol. The van der Waals surface area contributed by atoms with Gasteiger partial charge in [0.15, 0.2) is 0 Å². The Labute approximate surface area is 117 Å². The molecular formula is C18H38. The predicted molar refractivity (Wildman–Crippen MR) is 84.9 cm³/mol. The van der Waals surface area contributed by atoms with E-state index in [1.54, 1.807) is 0 Å². The second-order valence-electron chi connectivity index (χ2n) is 6.95. The van der Waals surface area contributed by atoms with E-state index in [-0.39, 0.29) is 0 Å². The molecule has 0 aromatic heterocycles. The van der Waals surface area contributed by atoms with Gasteiger partial charge in [-0.1, -0.05) is 86.5 Å². The number of unbranched alkanes of at least 4 members (excludes halogenated alkanes) is 1. The van der Waals surface area contributed by atoms with Crippen LogP contribution in [0.25, 0.3) is 0 Å². The first kappa shape index (κ1) is 18.0. The van der Waals surface area contributed by atoms with E-state index in [1.165, 1.54) is 51.4 Å². The van der Waals surface area contributed by atoms with Gasteiger partial charge < -0.3 is 0 Å². The summed E-state index contributed by atoms with van der Waals surface area (Å²) in [5.74, 6) is 3.71. The maximum atomic E-state index is 2.50. The number of hydrogen-bond acceptors (Lipinski definition) is 0. The quantitative estimate of drug-likeness (QED) is 0.360. The summed E-state index contributed by atoms with van der Waals surface area (Å²) in [5.41, 5.74) is 0. The first-order valence-electron chi connectivity index (χ1n) is 8.51. The van der Waals surface area contributed by atoms with Gasteiger partial charge in [0.2, 0.25) is 0 Å². The zero-order chi connectivity index (χ0) is 14.0. The Balaban J connectivity index is 3.93. The standard InChI is InChI=1S/C18H38/c1-7-11-18(14-16(5)8-2)17(6)13-10-9-12-15(3)4/h15-18H,7-14H2,1-6H3. The van der Waals surface area contributed by atoms with Crippen molar-refractivity contribution in [3.63, 3.8) is 0 Å². The van der Waals surface area contributed by atoms with Gasteiger partial charge in [-0.3, -0.25) is 0 Å². The Bertz CT molecular complexity index is 171. The van der Waals surface area contributed by atoms with E-state index < -0.39 is 0 Å². The molecule has 3 atom stereocenters. The van der Waals surface area contributed by atoms with Gasteiger partial charge in [0.25, 0.3) is 0 Å². The zero-order valence-electron chi connectivity index (χ0n) is 14.0. The van der Waals surface area contributed by atoms with Crippen LogP contribution in [0.3, 0.4) is 0 Å². The van der Waals surface area contributed by atoms with Crippen molar-refractivity contribution in [1.82, 2.24) is 0 Å². The van der Waals surface area contributed by atoms with Crippen LogP contribution in [0.4, 0.5) is 0 Å². The highest BCUT2D eigenvalue weighted by molar-refractivity contribution is 4.69. The maximum absolute atomic E-state index is 2.50. The van der Waals surface area contributed by atoms with Gasteiger partial charge in [-0.2, -0.15) is 0 Å². The number of hydrogen-bond donors (Lipinski definition) is 0. The lowest BCUT2D eigenvalue weighted by atomic mass is 9.80. The Kier molecular flexibility index (Phi) is 10.9. The molecule has 0 spiro atoms. The smallest absolute Gasteiger partial charge is 0.0386 e. The van der Waals surface area contributed by atoms with Gasteiger partial charge in [-0.15, -0.1) is 0 Å². The van der Waals surface area contributed by atoms with Gasteiger partial charge >= 0.3 is 0 Å². The molecule has 0 aliphatic rings. The molecule has 0 heterocycles. The minimum Gasteiger partial charge on any atom is -0.0654 e. The minimum atomic E-state index is 0.881. The SMILES string of the molecule is CCCC(CC(C)CC)C(C)CCCCC(C)C. The van der Waals surface area contributed by atoms with Crippen LogP contribution in [-0.4, -0.2) is 0 Å². The topological polar surface area (TPSA) is 0 Å². The predicted octanol–water partition coefficient (Wildman–Crippen LogP) is 6.69. The van der Waals surface area contributed by atoms with E-state index in [0.717, 1.165) is 23.7 Å². The van der Waals surface area contributed by atoms with Crippen LogP contribution in [0.1, 0.15) is 92.9 Å². The van der Waals surface area contributed by atoms with Crippen LogP contribution < -0.4 is 0 Å². The molecule has 0 nitrogen and oxygen atoms in total. The lowest BCUT2D eigenvalue weighted by Gasteiger charge is -2.26. The Morgan fingerprint density at radius 3 is 1.89 bits per heavy atom. The highest BCUT2D eigenvalue weighted by atomic mass is 14.2. The fourth-order valence-electron chi connectivity index (χ4n) is 2.94. The summed E-state index contributed by atoms with van der Waals surface area (Å²) in [6.07, 6.45) is 11.3. The lowest BCUT2D eigenvalue weighted by molar-refractivity contribution is 0.251. The summed E-state index contributed by atoms with van der Waals surface area (Å²) in [6.45, 7) is 14.3. The molecule has 0 bridgehead atoms. The number of rotatable bonds is 11. The van der Waals surface area contributed by atoms with Crippen molar-refractivity contribution in [2.45, 2.75) is 92.9 Å². The van der Waals surface area contributed by atoms with E-state index in [0.29, 0.717) is 0 Å². The van der Waals surface area contributed by atoms with E-state index in [9.17, 15) is 0 Å². The summed E-state index contributed by atoms with van der Waals surface area (Å²) < 4.78 is 0. The van der Waals surface area contributed by atoms with E-state index >= 15 is 0 Å². The van der Waals surface area contributed by atoms with Crippen LogP contribution >= 0.6 is 0 Å². The molecule has 18 heavy (non-hydrogen) atoms. The fourth-order valence-corrected chi connectivity index (χ4v) is 2.94. The molecule has 110 valence electrons. The van der Waals surface area contributed by atoms with Crippen LogP contribution in [0.15, 0.2) is 0 Å². The van der Waals surface area contributed by atoms with E-state index in [1.807, 2.05) is 0 Å².